The molecule has 1 aromatic rings. The van der Waals surface area contributed by atoms with Gasteiger partial charge in [-0.15, -0.1) is 0 Å². The molecule has 10 heavy (non-hydrogen) atoms. The van der Waals surface area contributed by atoms with Crippen LogP contribution in [0.25, 0.3) is 0 Å². The number of hydrogen-bond acceptors (Lipinski definition) is 2. The monoisotopic (exact) mass is 201 g/mol. The van der Waals surface area contributed by atoms with Crippen LogP contribution in [-0.4, -0.2) is 4.98 Å². The van der Waals surface area contributed by atoms with Crippen molar-refractivity contribution < 1.29 is 4.42 Å². The van der Waals surface area contributed by atoms with E-state index in [1.165, 1.54) is 19.3 Å². The van der Waals surface area contributed by atoms with Gasteiger partial charge in [-0.05, 0) is 12.8 Å². The molecule has 0 spiro atoms. The minimum Gasteiger partial charge on any atom is -0.439 e. The summed E-state index contributed by atoms with van der Waals surface area (Å²) in [5, 5.41) is 0. The SMILES string of the molecule is Brc1nc(C2CCC2)co1. The fourth-order valence-corrected chi connectivity index (χ4v) is 1.45. The van der Waals surface area contributed by atoms with E-state index < -0.39 is 0 Å². The van der Waals surface area contributed by atoms with Gasteiger partial charge in [0.1, 0.15) is 6.26 Å². The predicted octanol–water partition coefficient (Wildman–Crippen LogP) is 2.70. The number of oxazole rings is 1. The van der Waals surface area contributed by atoms with Gasteiger partial charge in [0.05, 0.1) is 5.69 Å². The molecule has 0 bridgehead atoms. The van der Waals surface area contributed by atoms with Crippen molar-refractivity contribution in [3.05, 3.63) is 16.8 Å². The predicted molar refractivity (Wildman–Crippen MR) is 40.8 cm³/mol. The van der Waals surface area contributed by atoms with Crippen LogP contribution in [0.5, 0.6) is 0 Å². The van der Waals surface area contributed by atoms with E-state index in [1.807, 2.05) is 0 Å². The van der Waals surface area contributed by atoms with Gasteiger partial charge in [0.2, 0.25) is 0 Å². The molecule has 1 aliphatic rings. The highest BCUT2D eigenvalue weighted by atomic mass is 79.9. The molecule has 1 aliphatic carbocycles. The Hall–Kier alpha value is -0.310. The minimum atomic E-state index is 0.606. The summed E-state index contributed by atoms with van der Waals surface area (Å²) in [6.45, 7) is 0. The van der Waals surface area contributed by atoms with Crippen LogP contribution < -0.4 is 0 Å². The van der Waals surface area contributed by atoms with Gasteiger partial charge < -0.3 is 4.42 Å². The smallest absolute Gasteiger partial charge is 0.264 e. The summed E-state index contributed by atoms with van der Waals surface area (Å²) in [5.74, 6) is 0.676. The van der Waals surface area contributed by atoms with Crippen LogP contribution in [0.4, 0.5) is 0 Å². The molecular formula is C7H8BrNO. The average molecular weight is 202 g/mol. The van der Waals surface area contributed by atoms with Crippen LogP contribution in [0.3, 0.4) is 0 Å². The third-order valence-corrected chi connectivity index (χ3v) is 2.38. The van der Waals surface area contributed by atoms with Crippen molar-refractivity contribution in [2.24, 2.45) is 0 Å². The Labute approximate surface area is 67.8 Å². The molecule has 1 heterocycles. The maximum absolute atomic E-state index is 5.03. The van der Waals surface area contributed by atoms with E-state index in [-0.39, 0.29) is 0 Å². The topological polar surface area (TPSA) is 26.0 Å². The first-order valence-electron chi connectivity index (χ1n) is 3.47. The van der Waals surface area contributed by atoms with Crippen molar-refractivity contribution in [3.63, 3.8) is 0 Å². The van der Waals surface area contributed by atoms with Gasteiger partial charge in [-0.1, -0.05) is 6.42 Å². The third-order valence-electron chi connectivity index (χ3n) is 2.02. The molecule has 1 fully saturated rings. The second kappa shape index (κ2) is 2.38. The molecule has 1 aromatic heterocycles. The quantitative estimate of drug-likeness (QED) is 0.699. The molecule has 1 saturated carbocycles. The Balaban J connectivity index is 2.17. The number of rotatable bonds is 1. The first-order chi connectivity index (χ1) is 4.86. The summed E-state index contributed by atoms with van der Waals surface area (Å²) in [5.41, 5.74) is 1.11. The highest BCUT2D eigenvalue weighted by Crippen LogP contribution is 2.35. The maximum Gasteiger partial charge on any atom is 0.264 e. The molecule has 0 atom stereocenters. The van der Waals surface area contributed by atoms with Gasteiger partial charge in [-0.3, -0.25) is 0 Å². The summed E-state index contributed by atoms with van der Waals surface area (Å²) in [4.78, 5) is 4.79. The zero-order chi connectivity index (χ0) is 6.97. The third kappa shape index (κ3) is 0.985. The van der Waals surface area contributed by atoms with Crippen molar-refractivity contribution in [1.29, 1.82) is 0 Å². The molecule has 0 N–H and O–H groups in total. The van der Waals surface area contributed by atoms with Crippen LogP contribution in [0, 0.1) is 0 Å². The molecule has 3 heteroatoms. The number of halogens is 1. The van der Waals surface area contributed by atoms with E-state index in [2.05, 4.69) is 20.9 Å². The van der Waals surface area contributed by atoms with E-state index in [0.717, 1.165) is 5.69 Å². The number of aromatic nitrogens is 1. The van der Waals surface area contributed by atoms with Crippen molar-refractivity contribution in [1.82, 2.24) is 4.98 Å². The van der Waals surface area contributed by atoms with Crippen molar-refractivity contribution >= 4 is 15.9 Å². The van der Waals surface area contributed by atoms with Gasteiger partial charge in [-0.2, -0.15) is 0 Å². The van der Waals surface area contributed by atoms with Crippen molar-refractivity contribution in [2.45, 2.75) is 25.2 Å². The summed E-state index contributed by atoms with van der Waals surface area (Å²) in [7, 11) is 0. The molecular weight excluding hydrogens is 194 g/mol. The highest BCUT2D eigenvalue weighted by molar-refractivity contribution is 9.10. The first-order valence-corrected chi connectivity index (χ1v) is 4.26. The van der Waals surface area contributed by atoms with E-state index in [4.69, 9.17) is 4.42 Å². The summed E-state index contributed by atoms with van der Waals surface area (Å²) in [6, 6.07) is 0. The Kier molecular flexibility index (Phi) is 1.52. The molecule has 0 amide bonds. The lowest BCUT2D eigenvalue weighted by Gasteiger charge is -2.22. The Morgan fingerprint density at radius 2 is 2.40 bits per heavy atom. The summed E-state index contributed by atoms with van der Waals surface area (Å²) in [6.07, 6.45) is 5.64. The summed E-state index contributed by atoms with van der Waals surface area (Å²) < 4.78 is 5.03. The van der Waals surface area contributed by atoms with Crippen LogP contribution >= 0.6 is 15.9 Å². The maximum atomic E-state index is 5.03. The minimum absolute atomic E-state index is 0.606. The Morgan fingerprint density at radius 3 is 2.80 bits per heavy atom. The van der Waals surface area contributed by atoms with Gasteiger partial charge in [-0.25, -0.2) is 4.98 Å². The zero-order valence-electron chi connectivity index (χ0n) is 5.51. The van der Waals surface area contributed by atoms with Crippen LogP contribution in [0.15, 0.2) is 15.5 Å². The van der Waals surface area contributed by atoms with Crippen LogP contribution in [0.1, 0.15) is 30.9 Å². The molecule has 0 aliphatic heterocycles. The van der Waals surface area contributed by atoms with Gasteiger partial charge in [0, 0.05) is 21.8 Å². The highest BCUT2D eigenvalue weighted by Gasteiger charge is 2.22. The molecule has 2 nitrogen and oxygen atoms in total. The lowest BCUT2D eigenvalue weighted by molar-refractivity contribution is 0.409. The van der Waals surface area contributed by atoms with E-state index >= 15 is 0 Å². The van der Waals surface area contributed by atoms with E-state index in [1.54, 1.807) is 6.26 Å². The fourth-order valence-electron chi connectivity index (χ4n) is 1.15. The van der Waals surface area contributed by atoms with Crippen molar-refractivity contribution in [3.8, 4) is 0 Å². The van der Waals surface area contributed by atoms with Gasteiger partial charge in [0.15, 0.2) is 0 Å². The first kappa shape index (κ1) is 6.40. The molecule has 0 unspecified atom stereocenters. The fraction of sp³-hybridized carbons (Fsp3) is 0.571. The summed E-state index contributed by atoms with van der Waals surface area (Å²) >= 11 is 3.18. The lowest BCUT2D eigenvalue weighted by atomic mass is 9.83. The molecule has 54 valence electrons. The largest absolute Gasteiger partial charge is 0.439 e. The van der Waals surface area contributed by atoms with Gasteiger partial charge in [0.25, 0.3) is 4.80 Å². The number of nitrogens with zero attached hydrogens (tertiary/aromatic N) is 1. The second-order valence-electron chi connectivity index (χ2n) is 2.65. The molecule has 2 rings (SSSR count). The standard InChI is InChI=1S/C7H8BrNO/c8-7-9-6(4-10-7)5-2-1-3-5/h4-5H,1-3H2. The van der Waals surface area contributed by atoms with Crippen LogP contribution in [0.2, 0.25) is 0 Å². The average Bonchev–Trinajstić information content (AvgIpc) is 2.10. The van der Waals surface area contributed by atoms with Crippen LogP contribution in [-0.2, 0) is 0 Å². The van der Waals surface area contributed by atoms with E-state index in [9.17, 15) is 0 Å². The molecule has 0 saturated heterocycles. The second-order valence-corrected chi connectivity index (χ2v) is 3.33. The van der Waals surface area contributed by atoms with Crippen molar-refractivity contribution in [2.75, 3.05) is 0 Å². The lowest BCUT2D eigenvalue weighted by Crippen LogP contribution is -2.08. The molecule has 0 aromatic carbocycles. The Bertz CT molecular complexity index is 229. The van der Waals surface area contributed by atoms with Gasteiger partial charge >= 0.3 is 0 Å². The normalized spacial score (nSPS) is 18.9. The molecule has 0 radical (unpaired) electrons. The number of hydrogen-bond donors (Lipinski definition) is 0. The zero-order valence-corrected chi connectivity index (χ0v) is 7.10. The Morgan fingerprint density at radius 1 is 1.60 bits per heavy atom. The van der Waals surface area contributed by atoms with E-state index in [0.29, 0.717) is 10.7 Å².